The van der Waals surface area contributed by atoms with E-state index >= 15 is 0 Å². The molecule has 4 amide bonds. The maximum atomic E-state index is 13.6. The topological polar surface area (TPSA) is 177 Å². The number of likely N-dealkylation sites (tertiary alicyclic amines) is 2. The number of benzene rings is 2. The zero-order valence-corrected chi connectivity index (χ0v) is 31.6. The Labute approximate surface area is 314 Å². The molecular weight excluding hydrogens is 688 g/mol. The highest BCUT2D eigenvalue weighted by Gasteiger charge is 2.40. The molecule has 54 heavy (non-hydrogen) atoms. The smallest absolute Gasteiger partial charge is 0.407 e. The molecule has 2 aliphatic rings. The number of nitrogens with zero attached hydrogens (tertiary/aromatic N) is 5. The summed E-state index contributed by atoms with van der Waals surface area (Å²) in [6, 6.07) is 11.6. The maximum absolute atomic E-state index is 13.6. The van der Waals surface area contributed by atoms with Gasteiger partial charge < -0.3 is 34.9 Å². The number of fused-ring (bicyclic) bond motifs is 1. The number of hydrogen-bond acceptors (Lipinski definition) is 7. The number of likely N-dealkylation sites (N-methyl/N-ethyl adjacent to an activating group) is 1. The number of carbonyl (C=O) groups is 4. The van der Waals surface area contributed by atoms with Crippen LogP contribution in [-0.2, 0) is 14.3 Å². The van der Waals surface area contributed by atoms with Crippen LogP contribution in [-0.4, -0.2) is 103 Å². The number of aromatic amines is 2. The molecule has 0 spiro atoms. The largest absolute Gasteiger partial charge is 0.465 e. The van der Waals surface area contributed by atoms with E-state index in [2.05, 4.69) is 27.1 Å². The summed E-state index contributed by atoms with van der Waals surface area (Å²) in [6.45, 7) is 8.62. The van der Waals surface area contributed by atoms with Gasteiger partial charge >= 0.3 is 12.2 Å². The minimum atomic E-state index is -1.13. The number of methoxy groups -OCH3 is 1. The standard InChI is InChI=1S/C40H48N8O6/c1-23(2)33(45-39(51)54-6)37(49)47-19-7-9-31(47)35-41-22-30(44-35)27-16-13-25(14-17-27)11-12-26-15-18-28-29(21-26)43-36(42-28)32-10-8-20-48(32)38(50)34(24(3)4)46(5)40(52)53/h13-18,21-24,31-34H,7-10,19-20H2,1-6H3,(H,41,44)(H,42,43)(H,45,51)(H,52,53)/t31-,32-,33-,34-/m0/s1. The number of amides is 4. The second kappa shape index (κ2) is 16.0. The summed E-state index contributed by atoms with van der Waals surface area (Å²) in [5.74, 6) is 7.20. The fourth-order valence-electron chi connectivity index (χ4n) is 7.48. The van der Waals surface area contributed by atoms with Crippen molar-refractivity contribution >= 4 is 35.0 Å². The first-order valence-electron chi connectivity index (χ1n) is 18.4. The molecule has 0 bridgehead atoms. The molecule has 2 aromatic heterocycles. The quantitative estimate of drug-likeness (QED) is 0.158. The van der Waals surface area contributed by atoms with Crippen molar-refractivity contribution in [2.24, 2.45) is 11.8 Å². The van der Waals surface area contributed by atoms with Crippen molar-refractivity contribution in [3.63, 3.8) is 0 Å². The summed E-state index contributed by atoms with van der Waals surface area (Å²) < 4.78 is 4.74. The van der Waals surface area contributed by atoms with Gasteiger partial charge in [-0.05, 0) is 67.9 Å². The van der Waals surface area contributed by atoms with Crippen LogP contribution in [0.15, 0.2) is 48.7 Å². The average molecular weight is 737 g/mol. The number of carbonyl (C=O) groups excluding carboxylic acids is 3. The molecule has 0 unspecified atom stereocenters. The lowest BCUT2D eigenvalue weighted by Crippen LogP contribution is -2.51. The van der Waals surface area contributed by atoms with Crippen LogP contribution in [0.5, 0.6) is 0 Å². The second-order valence-electron chi connectivity index (χ2n) is 14.7. The molecular formula is C40H48N8O6. The van der Waals surface area contributed by atoms with Gasteiger partial charge in [0, 0.05) is 43.0 Å². The average Bonchev–Trinajstić information content (AvgIpc) is 3.98. The maximum Gasteiger partial charge on any atom is 0.407 e. The fraction of sp³-hybridized carbons (Fsp3) is 0.450. The van der Waals surface area contributed by atoms with E-state index in [0.29, 0.717) is 24.7 Å². The Morgan fingerprint density at radius 1 is 0.889 bits per heavy atom. The van der Waals surface area contributed by atoms with Gasteiger partial charge in [-0.1, -0.05) is 51.7 Å². The van der Waals surface area contributed by atoms with Crippen LogP contribution >= 0.6 is 0 Å². The molecule has 2 aromatic carbocycles. The molecule has 2 fully saturated rings. The highest BCUT2D eigenvalue weighted by molar-refractivity contribution is 5.87. The molecule has 2 saturated heterocycles. The molecule has 14 nitrogen and oxygen atoms in total. The summed E-state index contributed by atoms with van der Waals surface area (Å²) in [6.07, 6.45) is 3.23. The number of alkyl carbamates (subject to hydrolysis) is 1. The van der Waals surface area contributed by atoms with Crippen LogP contribution in [0.3, 0.4) is 0 Å². The molecule has 0 radical (unpaired) electrons. The van der Waals surface area contributed by atoms with Gasteiger partial charge in [-0.15, -0.1) is 0 Å². The van der Waals surface area contributed by atoms with E-state index < -0.39 is 24.3 Å². The van der Waals surface area contributed by atoms with Crippen LogP contribution in [0.4, 0.5) is 9.59 Å². The first kappa shape index (κ1) is 37.9. The molecule has 0 aliphatic carbocycles. The van der Waals surface area contributed by atoms with Gasteiger partial charge in [-0.25, -0.2) is 19.6 Å². The Morgan fingerprint density at radius 3 is 2.15 bits per heavy atom. The van der Waals surface area contributed by atoms with Crippen molar-refractivity contribution in [1.82, 2.24) is 40.0 Å². The van der Waals surface area contributed by atoms with E-state index in [9.17, 15) is 24.3 Å². The van der Waals surface area contributed by atoms with E-state index in [1.54, 1.807) is 9.80 Å². The van der Waals surface area contributed by atoms with Gasteiger partial charge in [0.2, 0.25) is 11.8 Å². The van der Waals surface area contributed by atoms with Gasteiger partial charge in [0.05, 0.1) is 35.9 Å². The zero-order valence-electron chi connectivity index (χ0n) is 31.6. The summed E-state index contributed by atoms with van der Waals surface area (Å²) in [4.78, 5) is 71.7. The molecule has 4 heterocycles. The summed E-state index contributed by atoms with van der Waals surface area (Å²) in [5.41, 5.74) is 4.86. The minimum absolute atomic E-state index is 0.112. The third kappa shape index (κ3) is 7.90. The van der Waals surface area contributed by atoms with E-state index in [1.807, 2.05) is 76.4 Å². The number of H-pyrrole nitrogens is 2. The van der Waals surface area contributed by atoms with Gasteiger partial charge in [0.15, 0.2) is 0 Å². The number of rotatable bonds is 9. The summed E-state index contributed by atoms with van der Waals surface area (Å²) >= 11 is 0. The Balaban J connectivity index is 1.13. The molecule has 6 rings (SSSR count). The molecule has 284 valence electrons. The molecule has 14 heteroatoms. The Hall–Kier alpha value is -5.84. The Morgan fingerprint density at radius 2 is 1.52 bits per heavy atom. The van der Waals surface area contributed by atoms with Crippen LogP contribution < -0.4 is 5.32 Å². The highest BCUT2D eigenvalue weighted by atomic mass is 16.5. The Bertz CT molecular complexity index is 2080. The lowest BCUT2D eigenvalue weighted by Gasteiger charge is -2.33. The van der Waals surface area contributed by atoms with Crippen molar-refractivity contribution in [1.29, 1.82) is 0 Å². The Kier molecular flexibility index (Phi) is 11.3. The van der Waals surface area contributed by atoms with E-state index in [-0.39, 0.29) is 35.7 Å². The van der Waals surface area contributed by atoms with Crippen molar-refractivity contribution < 1.29 is 29.0 Å². The number of ether oxygens (including phenoxy) is 1. The summed E-state index contributed by atoms with van der Waals surface area (Å²) in [5, 5.41) is 12.3. The van der Waals surface area contributed by atoms with Gasteiger partial charge in [-0.2, -0.15) is 0 Å². The number of hydrogen-bond donors (Lipinski definition) is 4. The second-order valence-corrected chi connectivity index (χ2v) is 14.7. The van der Waals surface area contributed by atoms with Crippen LogP contribution in [0, 0.1) is 23.7 Å². The van der Waals surface area contributed by atoms with Crippen molar-refractivity contribution in [3.05, 3.63) is 71.4 Å². The molecule has 4 atom stereocenters. The lowest BCUT2D eigenvalue weighted by molar-refractivity contribution is -0.138. The van der Waals surface area contributed by atoms with Crippen molar-refractivity contribution in [3.8, 4) is 23.1 Å². The normalized spacial score (nSPS) is 18.1. The zero-order chi connectivity index (χ0) is 38.7. The predicted octanol–water partition coefficient (Wildman–Crippen LogP) is 5.69. The number of nitrogens with one attached hydrogen (secondary N) is 3. The fourth-order valence-corrected chi connectivity index (χ4v) is 7.48. The SMILES string of the molecule is COC(=O)N[C@H](C(=O)N1CCC[C@H]1c1nc(-c2ccc(C#Cc3ccc4[nH]c([C@@H]5CCCN5C(=O)[C@H](C(C)C)N(C)C(=O)O)nc4c3)cc2)c[nH]1)C(C)C. The number of carboxylic acid groups (broad SMARTS) is 1. The first-order valence-corrected chi connectivity index (χ1v) is 18.4. The van der Waals surface area contributed by atoms with Crippen LogP contribution in [0.2, 0.25) is 0 Å². The third-order valence-electron chi connectivity index (χ3n) is 10.3. The lowest BCUT2D eigenvalue weighted by atomic mass is 10.0. The van der Waals surface area contributed by atoms with Crippen molar-refractivity contribution in [2.45, 2.75) is 77.5 Å². The van der Waals surface area contributed by atoms with E-state index in [1.165, 1.54) is 14.2 Å². The third-order valence-corrected chi connectivity index (χ3v) is 10.3. The first-order chi connectivity index (χ1) is 25.9. The van der Waals surface area contributed by atoms with Gasteiger partial charge in [0.1, 0.15) is 23.7 Å². The molecule has 4 aromatic rings. The molecule has 2 aliphatic heterocycles. The minimum Gasteiger partial charge on any atom is -0.465 e. The van der Waals surface area contributed by atoms with Crippen LogP contribution in [0.25, 0.3) is 22.3 Å². The number of aromatic nitrogens is 4. The van der Waals surface area contributed by atoms with E-state index in [4.69, 9.17) is 14.7 Å². The monoisotopic (exact) mass is 736 g/mol. The predicted molar refractivity (Wildman–Crippen MR) is 202 cm³/mol. The summed E-state index contributed by atoms with van der Waals surface area (Å²) in [7, 11) is 2.72. The highest BCUT2D eigenvalue weighted by Crippen LogP contribution is 2.34. The van der Waals surface area contributed by atoms with E-state index in [0.717, 1.165) is 64.0 Å². The van der Waals surface area contributed by atoms with Crippen LogP contribution in [0.1, 0.15) is 88.2 Å². The molecule has 4 N–H and O–H groups in total. The number of imidazole rings is 2. The van der Waals surface area contributed by atoms with Crippen molar-refractivity contribution in [2.75, 3.05) is 27.2 Å². The van der Waals surface area contributed by atoms with Gasteiger partial charge in [-0.3, -0.25) is 14.5 Å². The molecule has 0 saturated carbocycles. The van der Waals surface area contributed by atoms with Gasteiger partial charge in [0.25, 0.3) is 0 Å².